The van der Waals surface area contributed by atoms with E-state index in [0.717, 1.165) is 17.4 Å². The number of carbonyl (C=O) groups excluding carboxylic acids is 1. The van der Waals surface area contributed by atoms with Gasteiger partial charge in [0.05, 0.1) is 6.42 Å². The number of rotatable bonds is 2. The predicted octanol–water partition coefficient (Wildman–Crippen LogP) is 1.75. The van der Waals surface area contributed by atoms with Crippen molar-refractivity contribution < 1.29 is 4.79 Å². The lowest BCUT2D eigenvalue weighted by atomic mass is 10.1. The van der Waals surface area contributed by atoms with Crippen LogP contribution in [0.15, 0.2) is 24.3 Å². The minimum atomic E-state index is 0.808. The highest BCUT2D eigenvalue weighted by molar-refractivity contribution is 5.68. The summed E-state index contributed by atoms with van der Waals surface area (Å²) in [6, 6.07) is 7.78. The largest absolute Gasteiger partial charge is 0.303 e. The monoisotopic (exact) mass is 133 g/mol. The molecule has 0 saturated carbocycles. The molecule has 1 aromatic carbocycles. The van der Waals surface area contributed by atoms with Gasteiger partial charge in [-0.1, -0.05) is 24.3 Å². The Morgan fingerprint density at radius 3 is 2.60 bits per heavy atom. The first-order chi connectivity index (χ1) is 4.84. The molecule has 0 heterocycles. The van der Waals surface area contributed by atoms with Crippen molar-refractivity contribution in [3.63, 3.8) is 0 Å². The standard InChI is InChI=1S/C9H9O/c1-8-4-2-3-5-9(8)6-7-10/h2-7H,1H3. The number of carbonyl (C=O) groups is 1. The molecule has 1 radical (unpaired) electrons. The van der Waals surface area contributed by atoms with Crippen LogP contribution < -0.4 is 0 Å². The number of aldehydes is 1. The number of hydrogen-bond acceptors (Lipinski definition) is 1. The average molecular weight is 133 g/mol. The van der Waals surface area contributed by atoms with Gasteiger partial charge in [-0.15, -0.1) is 0 Å². The highest BCUT2D eigenvalue weighted by atomic mass is 16.1. The molecule has 0 aliphatic rings. The summed E-state index contributed by atoms with van der Waals surface area (Å²) in [6.07, 6.45) is 2.37. The minimum Gasteiger partial charge on any atom is -0.303 e. The van der Waals surface area contributed by atoms with Crippen LogP contribution in [0.25, 0.3) is 0 Å². The zero-order valence-electron chi connectivity index (χ0n) is 5.87. The van der Waals surface area contributed by atoms with Gasteiger partial charge in [-0.3, -0.25) is 0 Å². The van der Waals surface area contributed by atoms with Gasteiger partial charge < -0.3 is 4.79 Å². The Hall–Kier alpha value is -1.11. The van der Waals surface area contributed by atoms with E-state index < -0.39 is 0 Å². The van der Waals surface area contributed by atoms with Gasteiger partial charge in [-0.05, 0) is 18.1 Å². The van der Waals surface area contributed by atoms with Crippen LogP contribution in [0, 0.1) is 13.3 Å². The van der Waals surface area contributed by atoms with E-state index in [1.54, 1.807) is 6.42 Å². The van der Waals surface area contributed by atoms with E-state index in [1.807, 2.05) is 31.2 Å². The molecule has 0 aliphatic carbocycles. The van der Waals surface area contributed by atoms with Crippen molar-refractivity contribution in [2.45, 2.75) is 6.92 Å². The van der Waals surface area contributed by atoms with E-state index in [1.165, 1.54) is 0 Å². The topological polar surface area (TPSA) is 17.1 Å². The van der Waals surface area contributed by atoms with E-state index in [-0.39, 0.29) is 0 Å². The van der Waals surface area contributed by atoms with Gasteiger partial charge in [-0.2, -0.15) is 0 Å². The van der Waals surface area contributed by atoms with Gasteiger partial charge in [0.15, 0.2) is 0 Å². The molecule has 0 N–H and O–H groups in total. The fourth-order valence-corrected chi connectivity index (χ4v) is 0.847. The molecule has 0 bridgehead atoms. The van der Waals surface area contributed by atoms with Crippen molar-refractivity contribution >= 4 is 6.29 Å². The quantitative estimate of drug-likeness (QED) is 0.562. The van der Waals surface area contributed by atoms with Crippen LogP contribution in [0.1, 0.15) is 11.1 Å². The molecule has 1 aromatic rings. The van der Waals surface area contributed by atoms with Gasteiger partial charge in [-0.25, -0.2) is 0 Å². The molecule has 0 amide bonds. The SMILES string of the molecule is Cc1ccccc1[CH]C=O. The van der Waals surface area contributed by atoms with E-state index in [4.69, 9.17) is 0 Å². The van der Waals surface area contributed by atoms with Gasteiger partial charge in [0.25, 0.3) is 0 Å². The number of hydrogen-bond donors (Lipinski definition) is 0. The third kappa shape index (κ3) is 1.44. The molecule has 1 rings (SSSR count). The maximum atomic E-state index is 10.1. The summed E-state index contributed by atoms with van der Waals surface area (Å²) in [7, 11) is 0. The Labute approximate surface area is 60.7 Å². The van der Waals surface area contributed by atoms with Crippen molar-refractivity contribution in [3.8, 4) is 0 Å². The summed E-state index contributed by atoms with van der Waals surface area (Å²) in [5.74, 6) is 0. The number of aryl methyl sites for hydroxylation is 1. The van der Waals surface area contributed by atoms with Crippen LogP contribution in [-0.4, -0.2) is 6.29 Å². The van der Waals surface area contributed by atoms with Crippen molar-refractivity contribution in [1.29, 1.82) is 0 Å². The Morgan fingerprint density at radius 2 is 2.00 bits per heavy atom. The fraction of sp³-hybridized carbons (Fsp3) is 0.111. The van der Waals surface area contributed by atoms with Crippen LogP contribution in [-0.2, 0) is 4.79 Å². The lowest BCUT2D eigenvalue weighted by Gasteiger charge is -1.97. The molecule has 0 atom stereocenters. The molecule has 1 nitrogen and oxygen atoms in total. The van der Waals surface area contributed by atoms with Crippen LogP contribution in [0.3, 0.4) is 0 Å². The van der Waals surface area contributed by atoms with Crippen molar-refractivity contribution in [2.75, 3.05) is 0 Å². The fourth-order valence-electron chi connectivity index (χ4n) is 0.847. The first kappa shape index (κ1) is 7.00. The zero-order chi connectivity index (χ0) is 7.40. The van der Waals surface area contributed by atoms with Gasteiger partial charge in [0.2, 0.25) is 0 Å². The summed E-state index contributed by atoms with van der Waals surface area (Å²) >= 11 is 0. The molecular weight excluding hydrogens is 124 g/mol. The zero-order valence-corrected chi connectivity index (χ0v) is 5.87. The third-order valence-corrected chi connectivity index (χ3v) is 1.44. The van der Waals surface area contributed by atoms with Gasteiger partial charge in [0, 0.05) is 0 Å². The lowest BCUT2D eigenvalue weighted by molar-refractivity contribution is -0.104. The molecule has 0 aromatic heterocycles. The van der Waals surface area contributed by atoms with Gasteiger partial charge >= 0.3 is 0 Å². The highest BCUT2D eigenvalue weighted by Gasteiger charge is 1.93. The Balaban J connectivity index is 2.91. The summed E-state index contributed by atoms with van der Waals surface area (Å²) in [5.41, 5.74) is 2.13. The smallest absolute Gasteiger partial charge is 0.128 e. The van der Waals surface area contributed by atoms with Crippen molar-refractivity contribution in [1.82, 2.24) is 0 Å². The normalized spacial score (nSPS) is 9.30. The van der Waals surface area contributed by atoms with Crippen LogP contribution in [0.4, 0.5) is 0 Å². The molecule has 0 aliphatic heterocycles. The molecule has 0 saturated heterocycles. The van der Waals surface area contributed by atoms with E-state index in [9.17, 15) is 4.79 Å². The second-order valence-corrected chi connectivity index (χ2v) is 2.16. The summed E-state index contributed by atoms with van der Waals surface area (Å²) < 4.78 is 0. The van der Waals surface area contributed by atoms with E-state index >= 15 is 0 Å². The minimum absolute atomic E-state index is 0.808. The molecule has 0 unspecified atom stereocenters. The number of benzene rings is 1. The molecule has 0 spiro atoms. The van der Waals surface area contributed by atoms with E-state index in [2.05, 4.69) is 0 Å². The predicted molar refractivity (Wildman–Crippen MR) is 40.6 cm³/mol. The summed E-state index contributed by atoms with van der Waals surface area (Å²) in [6.45, 7) is 1.98. The van der Waals surface area contributed by atoms with Crippen molar-refractivity contribution in [2.24, 2.45) is 0 Å². The van der Waals surface area contributed by atoms with E-state index in [0.29, 0.717) is 0 Å². The van der Waals surface area contributed by atoms with Crippen LogP contribution in [0.2, 0.25) is 0 Å². The highest BCUT2D eigenvalue weighted by Crippen LogP contribution is 2.06. The second-order valence-electron chi connectivity index (χ2n) is 2.16. The maximum Gasteiger partial charge on any atom is 0.128 e. The van der Waals surface area contributed by atoms with Crippen LogP contribution >= 0.6 is 0 Å². The molecule has 10 heavy (non-hydrogen) atoms. The van der Waals surface area contributed by atoms with Crippen LogP contribution in [0.5, 0.6) is 0 Å². The maximum absolute atomic E-state index is 10.1. The first-order valence-corrected chi connectivity index (χ1v) is 3.19. The molecular formula is C9H9O. The van der Waals surface area contributed by atoms with Gasteiger partial charge in [0.1, 0.15) is 6.29 Å². The molecule has 0 fully saturated rings. The summed E-state index contributed by atoms with van der Waals surface area (Å²) in [4.78, 5) is 10.1. The lowest BCUT2D eigenvalue weighted by Crippen LogP contribution is -1.85. The molecule has 1 heteroatoms. The third-order valence-electron chi connectivity index (χ3n) is 1.44. The average Bonchev–Trinajstić information content (AvgIpc) is 1.94. The second kappa shape index (κ2) is 3.16. The molecule has 51 valence electrons. The Morgan fingerprint density at radius 1 is 1.30 bits per heavy atom. The Bertz CT molecular complexity index is 228. The summed E-state index contributed by atoms with van der Waals surface area (Å²) in [5, 5.41) is 0. The van der Waals surface area contributed by atoms with Crippen molar-refractivity contribution in [3.05, 3.63) is 41.8 Å². The first-order valence-electron chi connectivity index (χ1n) is 3.19. The Kier molecular flexibility index (Phi) is 2.21.